The molecule has 112 valence electrons. The molecule has 2 fully saturated rings. The molecule has 1 aromatic carbocycles. The van der Waals surface area contributed by atoms with E-state index in [1.807, 2.05) is 6.07 Å². The molecule has 0 radical (unpaired) electrons. The van der Waals surface area contributed by atoms with Crippen molar-refractivity contribution in [2.45, 2.75) is 44.9 Å². The molecular formula is C19H25NO. The summed E-state index contributed by atoms with van der Waals surface area (Å²) >= 11 is 0. The van der Waals surface area contributed by atoms with Gasteiger partial charge in [0.1, 0.15) is 0 Å². The Morgan fingerprint density at radius 1 is 1.10 bits per heavy atom. The fourth-order valence-corrected chi connectivity index (χ4v) is 4.28. The molecule has 0 bridgehead atoms. The minimum absolute atomic E-state index is 0.0490. The lowest BCUT2D eigenvalue weighted by molar-refractivity contribution is 0.0561. The van der Waals surface area contributed by atoms with Crippen LogP contribution >= 0.6 is 0 Å². The van der Waals surface area contributed by atoms with Crippen LogP contribution in [-0.2, 0) is 6.42 Å². The highest BCUT2D eigenvalue weighted by molar-refractivity contribution is 6.02. The monoisotopic (exact) mass is 283 g/mol. The number of benzene rings is 1. The molecule has 0 amide bonds. The summed E-state index contributed by atoms with van der Waals surface area (Å²) in [6, 6.07) is 8.30. The molecule has 1 aromatic rings. The van der Waals surface area contributed by atoms with Gasteiger partial charge in [0.25, 0.3) is 0 Å². The van der Waals surface area contributed by atoms with Gasteiger partial charge in [0.15, 0.2) is 5.78 Å². The van der Waals surface area contributed by atoms with Crippen molar-refractivity contribution in [2.24, 2.45) is 11.3 Å². The summed E-state index contributed by atoms with van der Waals surface area (Å²) in [7, 11) is 0. The van der Waals surface area contributed by atoms with Gasteiger partial charge in [0, 0.05) is 17.5 Å². The quantitative estimate of drug-likeness (QED) is 0.825. The predicted octanol–water partition coefficient (Wildman–Crippen LogP) is 3.70. The van der Waals surface area contributed by atoms with Crippen LogP contribution in [0.2, 0.25) is 0 Å². The van der Waals surface area contributed by atoms with E-state index in [1.54, 1.807) is 0 Å². The lowest BCUT2D eigenvalue weighted by Crippen LogP contribution is -2.44. The fourth-order valence-electron chi connectivity index (χ4n) is 4.28. The molecule has 4 rings (SSSR count). The van der Waals surface area contributed by atoms with Gasteiger partial charge >= 0.3 is 0 Å². The predicted molar refractivity (Wildman–Crippen MR) is 84.5 cm³/mol. The van der Waals surface area contributed by atoms with Gasteiger partial charge in [-0.3, -0.25) is 4.79 Å². The van der Waals surface area contributed by atoms with Crippen molar-refractivity contribution >= 4 is 5.78 Å². The summed E-state index contributed by atoms with van der Waals surface area (Å²) in [6.45, 7) is 3.54. The Balaban J connectivity index is 1.53. The molecule has 21 heavy (non-hydrogen) atoms. The van der Waals surface area contributed by atoms with Crippen molar-refractivity contribution < 1.29 is 4.79 Å². The van der Waals surface area contributed by atoms with E-state index in [0.717, 1.165) is 50.3 Å². The van der Waals surface area contributed by atoms with E-state index in [1.165, 1.54) is 31.4 Å². The maximum atomic E-state index is 13.1. The molecule has 2 heteroatoms. The summed E-state index contributed by atoms with van der Waals surface area (Å²) in [5.74, 6) is 1.41. The highest BCUT2D eigenvalue weighted by atomic mass is 16.1. The number of hydrogen-bond donors (Lipinski definition) is 0. The van der Waals surface area contributed by atoms with Crippen LogP contribution in [0.4, 0.5) is 0 Å². The molecule has 0 N–H and O–H groups in total. The zero-order valence-corrected chi connectivity index (χ0v) is 12.8. The van der Waals surface area contributed by atoms with Crippen molar-refractivity contribution in [3.05, 3.63) is 35.4 Å². The van der Waals surface area contributed by atoms with Gasteiger partial charge in [-0.25, -0.2) is 0 Å². The summed E-state index contributed by atoms with van der Waals surface area (Å²) in [4.78, 5) is 15.7. The molecule has 0 atom stereocenters. The van der Waals surface area contributed by atoms with Crippen molar-refractivity contribution in [2.75, 3.05) is 19.6 Å². The average molecular weight is 283 g/mol. The van der Waals surface area contributed by atoms with Crippen molar-refractivity contribution in [1.82, 2.24) is 4.90 Å². The van der Waals surface area contributed by atoms with E-state index in [9.17, 15) is 4.79 Å². The number of carbonyl (C=O) groups excluding carboxylic acids is 1. The molecule has 1 spiro atoms. The second kappa shape index (κ2) is 5.24. The highest BCUT2D eigenvalue weighted by Gasteiger charge is 2.43. The smallest absolute Gasteiger partial charge is 0.169 e. The van der Waals surface area contributed by atoms with E-state index in [-0.39, 0.29) is 5.41 Å². The molecule has 1 saturated carbocycles. The van der Waals surface area contributed by atoms with Crippen molar-refractivity contribution in [3.8, 4) is 0 Å². The summed E-state index contributed by atoms with van der Waals surface area (Å²) in [5, 5.41) is 0. The van der Waals surface area contributed by atoms with Crippen molar-refractivity contribution in [3.63, 3.8) is 0 Å². The molecular weight excluding hydrogens is 258 g/mol. The first kappa shape index (κ1) is 13.5. The van der Waals surface area contributed by atoms with Gasteiger partial charge < -0.3 is 4.90 Å². The SMILES string of the molecule is O=C1c2ccccc2CCCC12CCN(CC1CC1)CC2. The Kier molecular flexibility index (Phi) is 3.37. The minimum atomic E-state index is -0.0490. The molecule has 2 nitrogen and oxygen atoms in total. The van der Waals surface area contributed by atoms with Crippen LogP contribution in [0.5, 0.6) is 0 Å². The maximum Gasteiger partial charge on any atom is 0.169 e. The number of carbonyl (C=O) groups is 1. The first-order valence-corrected chi connectivity index (χ1v) is 8.62. The lowest BCUT2D eigenvalue weighted by Gasteiger charge is -2.40. The molecule has 1 heterocycles. The largest absolute Gasteiger partial charge is 0.303 e. The fraction of sp³-hybridized carbons (Fsp3) is 0.632. The Labute approximate surface area is 127 Å². The second-order valence-electron chi connectivity index (χ2n) is 7.36. The highest BCUT2D eigenvalue weighted by Crippen LogP contribution is 2.43. The Hall–Kier alpha value is -1.15. The second-order valence-corrected chi connectivity index (χ2v) is 7.36. The molecule has 1 aliphatic heterocycles. The topological polar surface area (TPSA) is 20.3 Å². The van der Waals surface area contributed by atoms with E-state index in [2.05, 4.69) is 23.1 Å². The Morgan fingerprint density at radius 2 is 1.86 bits per heavy atom. The average Bonchev–Trinajstić information content (AvgIpc) is 3.33. The molecule has 0 unspecified atom stereocenters. The van der Waals surface area contributed by atoms with Crippen LogP contribution in [0, 0.1) is 11.3 Å². The third-order valence-electron chi connectivity index (χ3n) is 5.87. The molecule has 2 aliphatic carbocycles. The standard InChI is InChI=1S/C19H25NO/c21-18-17-6-2-1-4-16(17)5-3-9-19(18)10-12-20(13-11-19)14-15-7-8-15/h1-2,4,6,15H,3,5,7-14H2. The van der Waals surface area contributed by atoms with E-state index in [4.69, 9.17) is 0 Å². The normalized spacial score (nSPS) is 25.6. The van der Waals surface area contributed by atoms with Crippen LogP contribution in [0.25, 0.3) is 0 Å². The number of hydrogen-bond acceptors (Lipinski definition) is 2. The number of rotatable bonds is 2. The van der Waals surface area contributed by atoms with Crippen LogP contribution in [0.3, 0.4) is 0 Å². The first-order valence-electron chi connectivity index (χ1n) is 8.62. The summed E-state index contributed by atoms with van der Waals surface area (Å²) in [5.41, 5.74) is 2.25. The number of fused-ring (bicyclic) bond motifs is 1. The number of likely N-dealkylation sites (tertiary alicyclic amines) is 1. The molecule has 0 aromatic heterocycles. The van der Waals surface area contributed by atoms with Gasteiger partial charge in [-0.05, 0) is 69.5 Å². The van der Waals surface area contributed by atoms with E-state index >= 15 is 0 Å². The number of aryl methyl sites for hydroxylation is 1. The zero-order valence-electron chi connectivity index (χ0n) is 12.8. The van der Waals surface area contributed by atoms with Gasteiger partial charge in [-0.1, -0.05) is 24.3 Å². The van der Waals surface area contributed by atoms with Gasteiger partial charge in [0.2, 0.25) is 0 Å². The van der Waals surface area contributed by atoms with Crippen LogP contribution < -0.4 is 0 Å². The molecule has 3 aliphatic rings. The van der Waals surface area contributed by atoms with Crippen LogP contribution in [-0.4, -0.2) is 30.3 Å². The van der Waals surface area contributed by atoms with Crippen LogP contribution in [0.1, 0.15) is 54.4 Å². The number of ketones is 1. The van der Waals surface area contributed by atoms with E-state index < -0.39 is 0 Å². The summed E-state index contributed by atoms with van der Waals surface area (Å²) < 4.78 is 0. The first-order chi connectivity index (χ1) is 10.3. The lowest BCUT2D eigenvalue weighted by atomic mass is 9.71. The number of Topliss-reactive ketones (excluding diaryl/α,β-unsaturated/α-hetero) is 1. The van der Waals surface area contributed by atoms with Crippen molar-refractivity contribution in [1.29, 1.82) is 0 Å². The third-order valence-corrected chi connectivity index (χ3v) is 5.87. The minimum Gasteiger partial charge on any atom is -0.303 e. The Bertz CT molecular complexity index is 538. The number of piperidine rings is 1. The van der Waals surface area contributed by atoms with Gasteiger partial charge in [-0.15, -0.1) is 0 Å². The number of nitrogens with zero attached hydrogens (tertiary/aromatic N) is 1. The van der Waals surface area contributed by atoms with Crippen LogP contribution in [0.15, 0.2) is 24.3 Å². The van der Waals surface area contributed by atoms with Gasteiger partial charge in [-0.2, -0.15) is 0 Å². The Morgan fingerprint density at radius 3 is 2.62 bits per heavy atom. The maximum absolute atomic E-state index is 13.1. The third kappa shape index (κ3) is 2.55. The summed E-state index contributed by atoms with van der Waals surface area (Å²) in [6.07, 6.45) is 8.35. The molecule has 1 saturated heterocycles. The van der Waals surface area contributed by atoms with Gasteiger partial charge in [0.05, 0.1) is 0 Å². The zero-order chi connectivity index (χ0) is 14.3. The van der Waals surface area contributed by atoms with E-state index in [0.29, 0.717) is 5.78 Å².